The number of benzene rings is 2. The van der Waals surface area contributed by atoms with Crippen molar-refractivity contribution in [2.75, 3.05) is 19.0 Å². The van der Waals surface area contributed by atoms with Gasteiger partial charge >= 0.3 is 0 Å². The van der Waals surface area contributed by atoms with E-state index in [1.807, 2.05) is 49.4 Å². The first-order chi connectivity index (χ1) is 14.4. The van der Waals surface area contributed by atoms with E-state index >= 15 is 0 Å². The van der Waals surface area contributed by atoms with Gasteiger partial charge in [0, 0.05) is 37.0 Å². The normalized spacial score (nSPS) is 12.1. The average molecular weight is 426 g/mol. The third-order valence-electron chi connectivity index (χ3n) is 4.20. The van der Waals surface area contributed by atoms with Crippen molar-refractivity contribution in [3.63, 3.8) is 0 Å². The summed E-state index contributed by atoms with van der Waals surface area (Å²) in [5.41, 5.74) is 2.25. The van der Waals surface area contributed by atoms with E-state index in [9.17, 15) is 4.79 Å². The van der Waals surface area contributed by atoms with Crippen LogP contribution in [0.4, 0.5) is 5.82 Å². The van der Waals surface area contributed by atoms with Crippen molar-refractivity contribution in [2.24, 2.45) is 7.05 Å². The van der Waals surface area contributed by atoms with Gasteiger partial charge in [-0.15, -0.1) is 0 Å². The zero-order valence-electron chi connectivity index (χ0n) is 17.1. The molecule has 3 rings (SSSR count). The summed E-state index contributed by atoms with van der Waals surface area (Å²) in [6.45, 7) is 2.35. The molecule has 0 fully saturated rings. The molecule has 0 aliphatic heterocycles. The summed E-state index contributed by atoms with van der Waals surface area (Å²) < 4.78 is 12.7. The fourth-order valence-corrected chi connectivity index (χ4v) is 3.09. The molecule has 1 atom stereocenters. The molecule has 0 radical (unpaired) electrons. The van der Waals surface area contributed by atoms with Crippen molar-refractivity contribution in [1.82, 2.24) is 9.78 Å². The molecule has 0 saturated heterocycles. The van der Waals surface area contributed by atoms with Crippen LogP contribution in [0.25, 0.3) is 12.2 Å². The second-order valence-electron chi connectivity index (χ2n) is 6.89. The fraction of sp³-hybridized carbons (Fsp3) is 0.217. The molecule has 0 spiro atoms. The molecule has 2 aromatic carbocycles. The van der Waals surface area contributed by atoms with Crippen LogP contribution in [0.1, 0.15) is 28.4 Å². The number of rotatable bonds is 8. The third kappa shape index (κ3) is 6.20. The van der Waals surface area contributed by atoms with Crippen LogP contribution in [0, 0.1) is 0 Å². The first-order valence-electron chi connectivity index (χ1n) is 9.48. The third-order valence-corrected chi connectivity index (χ3v) is 4.44. The number of carbonyl (C=O) groups excluding carboxylic acids is 1. The molecule has 0 unspecified atom stereocenters. The number of aryl methyl sites for hydroxylation is 1. The summed E-state index contributed by atoms with van der Waals surface area (Å²) in [5.74, 6) is 0.799. The maximum atomic E-state index is 12.8. The van der Waals surface area contributed by atoms with Gasteiger partial charge in [-0.1, -0.05) is 35.9 Å². The molecule has 1 amide bonds. The lowest BCUT2D eigenvalue weighted by molar-refractivity contribution is 0.0917. The largest absolute Gasteiger partial charge is 0.488 e. The first kappa shape index (κ1) is 21.6. The number of hydrogen-bond donors (Lipinski definition) is 1. The molecular formula is C23H24ClN3O3. The minimum absolute atomic E-state index is 0.158. The van der Waals surface area contributed by atoms with E-state index in [4.69, 9.17) is 21.1 Å². The second kappa shape index (κ2) is 10.1. The lowest BCUT2D eigenvalue weighted by Gasteiger charge is -2.15. The van der Waals surface area contributed by atoms with Crippen molar-refractivity contribution in [3.05, 3.63) is 76.4 Å². The van der Waals surface area contributed by atoms with Gasteiger partial charge < -0.3 is 14.8 Å². The standard InChI is InChI=1S/C23H24ClN3O3/c1-16(15-29-3)30-21-13-18(8-7-17-5-4-6-20(24)12-17)11-19(14-21)23(28)25-22-9-10-27(2)26-22/h4-14,16H,15H2,1-3H3,(H,25,26,28)/b8-7+/t16-/m0/s1. The topological polar surface area (TPSA) is 65.4 Å². The Bertz CT molecular complexity index is 1050. The number of halogens is 1. The van der Waals surface area contributed by atoms with Crippen molar-refractivity contribution in [2.45, 2.75) is 13.0 Å². The fourth-order valence-electron chi connectivity index (χ4n) is 2.89. The lowest BCUT2D eigenvalue weighted by atomic mass is 10.1. The number of methoxy groups -OCH3 is 1. The van der Waals surface area contributed by atoms with E-state index in [0.29, 0.717) is 28.8 Å². The summed E-state index contributed by atoms with van der Waals surface area (Å²) in [4.78, 5) is 12.8. The smallest absolute Gasteiger partial charge is 0.257 e. The number of ether oxygens (including phenoxy) is 2. The van der Waals surface area contributed by atoms with E-state index in [1.165, 1.54) is 0 Å². The summed E-state index contributed by atoms with van der Waals surface area (Å²) >= 11 is 6.06. The highest BCUT2D eigenvalue weighted by Crippen LogP contribution is 2.22. The maximum Gasteiger partial charge on any atom is 0.257 e. The Morgan fingerprint density at radius 2 is 2.00 bits per heavy atom. The molecule has 30 heavy (non-hydrogen) atoms. The molecule has 1 heterocycles. The van der Waals surface area contributed by atoms with Crippen LogP contribution in [0.2, 0.25) is 5.02 Å². The number of carbonyl (C=O) groups is 1. The van der Waals surface area contributed by atoms with E-state index in [2.05, 4.69) is 10.4 Å². The molecule has 6 nitrogen and oxygen atoms in total. The zero-order chi connectivity index (χ0) is 21.5. The average Bonchev–Trinajstić information content (AvgIpc) is 3.11. The Labute approximate surface area is 181 Å². The van der Waals surface area contributed by atoms with Crippen LogP contribution >= 0.6 is 11.6 Å². The number of amides is 1. The van der Waals surface area contributed by atoms with Crippen LogP contribution in [-0.2, 0) is 11.8 Å². The Kier molecular flexibility index (Phi) is 7.27. The molecule has 156 valence electrons. The molecular weight excluding hydrogens is 402 g/mol. The van der Waals surface area contributed by atoms with Crippen LogP contribution in [-0.4, -0.2) is 35.5 Å². The molecule has 0 bridgehead atoms. The van der Waals surface area contributed by atoms with Crippen molar-refractivity contribution in [1.29, 1.82) is 0 Å². The van der Waals surface area contributed by atoms with Crippen LogP contribution < -0.4 is 10.1 Å². The molecule has 0 aliphatic rings. The highest BCUT2D eigenvalue weighted by Gasteiger charge is 2.12. The van der Waals surface area contributed by atoms with E-state index < -0.39 is 0 Å². The number of hydrogen-bond acceptors (Lipinski definition) is 4. The number of nitrogens with one attached hydrogen (secondary N) is 1. The van der Waals surface area contributed by atoms with E-state index in [0.717, 1.165) is 11.1 Å². The molecule has 3 aromatic rings. The number of nitrogens with zero attached hydrogens (tertiary/aromatic N) is 2. The van der Waals surface area contributed by atoms with Gasteiger partial charge in [0.15, 0.2) is 5.82 Å². The molecule has 0 saturated carbocycles. The van der Waals surface area contributed by atoms with Crippen LogP contribution in [0.5, 0.6) is 5.75 Å². The summed E-state index contributed by atoms with van der Waals surface area (Å²) in [6, 6.07) is 14.7. The summed E-state index contributed by atoms with van der Waals surface area (Å²) in [7, 11) is 3.41. The molecule has 1 aromatic heterocycles. The minimum atomic E-state index is -0.268. The zero-order valence-corrected chi connectivity index (χ0v) is 17.9. The first-order valence-corrected chi connectivity index (χ1v) is 9.86. The van der Waals surface area contributed by atoms with Gasteiger partial charge in [0.25, 0.3) is 5.91 Å². The predicted octanol–water partition coefficient (Wildman–Crippen LogP) is 4.91. The van der Waals surface area contributed by atoms with E-state index in [1.54, 1.807) is 43.2 Å². The van der Waals surface area contributed by atoms with Crippen LogP contribution in [0.3, 0.4) is 0 Å². The monoisotopic (exact) mass is 425 g/mol. The SMILES string of the molecule is COC[C@H](C)Oc1cc(/C=C/c2cccc(Cl)c2)cc(C(=O)Nc2ccn(C)n2)c1. The minimum Gasteiger partial charge on any atom is -0.488 e. The second-order valence-corrected chi connectivity index (χ2v) is 7.33. The van der Waals surface area contributed by atoms with Gasteiger partial charge in [0.05, 0.1) is 6.61 Å². The van der Waals surface area contributed by atoms with Gasteiger partial charge in [-0.25, -0.2) is 0 Å². The van der Waals surface area contributed by atoms with Gasteiger partial charge in [-0.2, -0.15) is 5.10 Å². The highest BCUT2D eigenvalue weighted by molar-refractivity contribution is 6.30. The van der Waals surface area contributed by atoms with Crippen LogP contribution in [0.15, 0.2) is 54.7 Å². The molecule has 1 N–H and O–H groups in total. The molecule has 7 heteroatoms. The van der Waals surface area contributed by atoms with Crippen molar-refractivity contribution >= 4 is 35.5 Å². The quantitative estimate of drug-likeness (QED) is 0.521. The number of anilines is 1. The van der Waals surface area contributed by atoms with E-state index in [-0.39, 0.29) is 12.0 Å². The Morgan fingerprint density at radius 1 is 1.20 bits per heavy atom. The van der Waals surface area contributed by atoms with Crippen molar-refractivity contribution < 1.29 is 14.3 Å². The van der Waals surface area contributed by atoms with Gasteiger partial charge in [-0.3, -0.25) is 9.48 Å². The predicted molar refractivity (Wildman–Crippen MR) is 120 cm³/mol. The number of aromatic nitrogens is 2. The Morgan fingerprint density at radius 3 is 2.70 bits per heavy atom. The molecule has 0 aliphatic carbocycles. The summed E-state index contributed by atoms with van der Waals surface area (Å²) in [5, 5.41) is 7.65. The maximum absolute atomic E-state index is 12.8. The van der Waals surface area contributed by atoms with Gasteiger partial charge in [0.2, 0.25) is 0 Å². The van der Waals surface area contributed by atoms with Gasteiger partial charge in [0.1, 0.15) is 11.9 Å². The summed E-state index contributed by atoms with van der Waals surface area (Å²) in [6.07, 6.45) is 5.45. The highest BCUT2D eigenvalue weighted by atomic mass is 35.5. The Balaban J connectivity index is 1.88. The Hall–Kier alpha value is -3.09. The van der Waals surface area contributed by atoms with Gasteiger partial charge in [-0.05, 0) is 48.4 Å². The lowest BCUT2D eigenvalue weighted by Crippen LogP contribution is -2.19. The van der Waals surface area contributed by atoms with Crippen molar-refractivity contribution in [3.8, 4) is 5.75 Å².